The van der Waals surface area contributed by atoms with Crippen molar-refractivity contribution in [2.75, 3.05) is 13.2 Å². The Balaban J connectivity index is 2.48. The van der Waals surface area contributed by atoms with Crippen LogP contribution in [0.1, 0.15) is 5.56 Å². The van der Waals surface area contributed by atoms with Crippen LogP contribution in [-0.4, -0.2) is 24.5 Å². The molecule has 0 spiro atoms. The summed E-state index contributed by atoms with van der Waals surface area (Å²) in [6, 6.07) is 7.37. The van der Waals surface area contributed by atoms with E-state index in [9.17, 15) is 0 Å². The average Bonchev–Trinajstić information content (AvgIpc) is 2.13. The summed E-state index contributed by atoms with van der Waals surface area (Å²) in [5.41, 5.74) is 3.61. The number of nitrogens with one attached hydrogen (secondary N) is 1. The Labute approximate surface area is 82.0 Å². The Morgan fingerprint density at radius 2 is 2.38 bits per heavy atom. The maximum Gasteiger partial charge on any atom is 0.0620 e. The van der Waals surface area contributed by atoms with E-state index in [0.717, 1.165) is 5.56 Å². The number of hydrazone groups is 1. The molecule has 3 nitrogen and oxygen atoms in total. The Kier molecular flexibility index (Phi) is 4.29. The van der Waals surface area contributed by atoms with Crippen LogP contribution in [0.15, 0.2) is 29.4 Å². The van der Waals surface area contributed by atoms with Gasteiger partial charge in [-0.25, -0.2) is 0 Å². The van der Waals surface area contributed by atoms with Crippen LogP contribution in [0.5, 0.6) is 0 Å². The molecule has 0 fully saturated rings. The highest BCUT2D eigenvalue weighted by Gasteiger charge is 1.88. The molecule has 0 unspecified atom stereocenters. The predicted octanol–water partition coefficient (Wildman–Crippen LogP) is 1.26. The molecule has 1 aromatic carbocycles. The standard InChI is InChI=1S/C9H11ClN2O/c10-9-3-1-2-8(6-9)7-12-11-4-5-13/h1-3,6-7,11,13H,4-5H2/b12-7+. The molecule has 0 aliphatic carbocycles. The van der Waals surface area contributed by atoms with Crippen LogP contribution in [0.4, 0.5) is 0 Å². The van der Waals surface area contributed by atoms with Gasteiger partial charge >= 0.3 is 0 Å². The van der Waals surface area contributed by atoms with Gasteiger partial charge in [0.25, 0.3) is 0 Å². The number of aliphatic hydroxyl groups is 1. The minimum absolute atomic E-state index is 0.0763. The summed E-state index contributed by atoms with van der Waals surface area (Å²) in [6.07, 6.45) is 1.65. The fraction of sp³-hybridized carbons (Fsp3) is 0.222. The second-order valence-corrected chi connectivity index (χ2v) is 2.88. The fourth-order valence-corrected chi connectivity index (χ4v) is 1.02. The molecule has 2 N–H and O–H groups in total. The maximum absolute atomic E-state index is 8.45. The smallest absolute Gasteiger partial charge is 0.0620 e. The van der Waals surface area contributed by atoms with Crippen molar-refractivity contribution in [3.05, 3.63) is 34.9 Å². The molecule has 0 aliphatic heterocycles. The van der Waals surface area contributed by atoms with E-state index in [1.165, 1.54) is 0 Å². The molecule has 0 atom stereocenters. The molecule has 4 heteroatoms. The van der Waals surface area contributed by atoms with Gasteiger partial charge in [-0.05, 0) is 17.7 Å². The van der Waals surface area contributed by atoms with E-state index in [4.69, 9.17) is 16.7 Å². The van der Waals surface area contributed by atoms with Gasteiger partial charge in [0.05, 0.1) is 19.4 Å². The Morgan fingerprint density at radius 1 is 1.54 bits per heavy atom. The second-order valence-electron chi connectivity index (χ2n) is 2.44. The number of aliphatic hydroxyl groups excluding tert-OH is 1. The first-order chi connectivity index (χ1) is 6.33. The van der Waals surface area contributed by atoms with Crippen molar-refractivity contribution in [1.29, 1.82) is 0 Å². The van der Waals surface area contributed by atoms with E-state index >= 15 is 0 Å². The van der Waals surface area contributed by atoms with E-state index in [2.05, 4.69) is 10.5 Å². The van der Waals surface area contributed by atoms with Gasteiger partial charge < -0.3 is 10.5 Å². The third-order valence-electron chi connectivity index (χ3n) is 1.38. The quantitative estimate of drug-likeness (QED) is 0.435. The molecular formula is C9H11ClN2O. The monoisotopic (exact) mass is 198 g/mol. The summed E-state index contributed by atoms with van der Waals surface area (Å²) >= 11 is 5.76. The first-order valence-electron chi connectivity index (χ1n) is 3.95. The molecular weight excluding hydrogens is 188 g/mol. The summed E-state index contributed by atoms with van der Waals surface area (Å²) < 4.78 is 0. The zero-order valence-corrected chi connectivity index (χ0v) is 7.83. The lowest BCUT2D eigenvalue weighted by molar-refractivity contribution is 0.294. The summed E-state index contributed by atoms with van der Waals surface area (Å²) in [4.78, 5) is 0. The van der Waals surface area contributed by atoms with Gasteiger partial charge in [-0.1, -0.05) is 23.7 Å². The highest BCUT2D eigenvalue weighted by molar-refractivity contribution is 6.30. The molecule has 0 aliphatic rings. The Morgan fingerprint density at radius 3 is 3.08 bits per heavy atom. The lowest BCUT2D eigenvalue weighted by Crippen LogP contribution is -2.11. The number of hydrogen-bond acceptors (Lipinski definition) is 3. The van der Waals surface area contributed by atoms with Gasteiger partial charge in [0.15, 0.2) is 0 Å². The lowest BCUT2D eigenvalue weighted by atomic mass is 10.2. The molecule has 0 radical (unpaired) electrons. The molecule has 70 valence electrons. The number of benzene rings is 1. The van der Waals surface area contributed by atoms with Gasteiger partial charge in [0.2, 0.25) is 0 Å². The van der Waals surface area contributed by atoms with Crippen molar-refractivity contribution < 1.29 is 5.11 Å². The van der Waals surface area contributed by atoms with Crippen molar-refractivity contribution in [2.45, 2.75) is 0 Å². The zero-order chi connectivity index (χ0) is 9.52. The summed E-state index contributed by atoms with van der Waals surface area (Å²) in [5.74, 6) is 0. The highest BCUT2D eigenvalue weighted by Crippen LogP contribution is 2.08. The van der Waals surface area contributed by atoms with Crippen molar-refractivity contribution >= 4 is 17.8 Å². The van der Waals surface area contributed by atoms with Gasteiger partial charge in [-0.2, -0.15) is 5.10 Å². The molecule has 0 heterocycles. The van der Waals surface area contributed by atoms with Gasteiger partial charge in [-0.3, -0.25) is 0 Å². The SMILES string of the molecule is OCCN/N=C/c1cccc(Cl)c1. The first-order valence-corrected chi connectivity index (χ1v) is 4.33. The van der Waals surface area contributed by atoms with E-state index < -0.39 is 0 Å². The van der Waals surface area contributed by atoms with E-state index in [0.29, 0.717) is 11.6 Å². The highest BCUT2D eigenvalue weighted by atomic mass is 35.5. The molecule has 0 saturated carbocycles. The second kappa shape index (κ2) is 5.56. The number of nitrogens with zero attached hydrogens (tertiary/aromatic N) is 1. The third-order valence-corrected chi connectivity index (χ3v) is 1.61. The maximum atomic E-state index is 8.45. The molecule has 0 amide bonds. The molecule has 0 saturated heterocycles. The zero-order valence-electron chi connectivity index (χ0n) is 7.07. The van der Waals surface area contributed by atoms with Crippen molar-refractivity contribution in [3.63, 3.8) is 0 Å². The van der Waals surface area contributed by atoms with Crippen LogP contribution in [0.2, 0.25) is 5.02 Å². The molecule has 1 rings (SSSR count). The summed E-state index contributed by atoms with van der Waals surface area (Å²) in [6.45, 7) is 0.532. The van der Waals surface area contributed by atoms with Gasteiger partial charge in [-0.15, -0.1) is 0 Å². The number of halogens is 1. The summed E-state index contributed by atoms with van der Waals surface area (Å²) in [7, 11) is 0. The minimum atomic E-state index is 0.0763. The van der Waals surface area contributed by atoms with E-state index in [1.807, 2.05) is 18.2 Å². The molecule has 13 heavy (non-hydrogen) atoms. The number of rotatable bonds is 4. The Hall–Kier alpha value is -1.06. The normalized spacial score (nSPS) is 10.6. The van der Waals surface area contributed by atoms with Crippen LogP contribution < -0.4 is 5.43 Å². The largest absolute Gasteiger partial charge is 0.394 e. The van der Waals surface area contributed by atoms with Crippen LogP contribution >= 0.6 is 11.6 Å². The van der Waals surface area contributed by atoms with Crippen molar-refractivity contribution in [1.82, 2.24) is 5.43 Å². The molecule has 0 aromatic heterocycles. The molecule has 0 bridgehead atoms. The van der Waals surface area contributed by atoms with Gasteiger partial charge in [0, 0.05) is 5.02 Å². The van der Waals surface area contributed by atoms with Crippen LogP contribution in [-0.2, 0) is 0 Å². The predicted molar refractivity (Wildman–Crippen MR) is 54.1 cm³/mol. The lowest BCUT2D eigenvalue weighted by Gasteiger charge is -1.95. The van der Waals surface area contributed by atoms with Crippen LogP contribution in [0, 0.1) is 0 Å². The molecule has 1 aromatic rings. The van der Waals surface area contributed by atoms with Crippen molar-refractivity contribution in [2.24, 2.45) is 5.10 Å². The van der Waals surface area contributed by atoms with E-state index in [-0.39, 0.29) is 6.61 Å². The summed E-state index contributed by atoms with van der Waals surface area (Å²) in [5, 5.41) is 13.0. The fourth-order valence-electron chi connectivity index (χ4n) is 0.822. The third kappa shape index (κ3) is 3.92. The topological polar surface area (TPSA) is 44.6 Å². The van der Waals surface area contributed by atoms with Crippen LogP contribution in [0.3, 0.4) is 0 Å². The minimum Gasteiger partial charge on any atom is -0.394 e. The van der Waals surface area contributed by atoms with Crippen LogP contribution in [0.25, 0.3) is 0 Å². The van der Waals surface area contributed by atoms with Gasteiger partial charge in [0.1, 0.15) is 0 Å². The first kappa shape index (κ1) is 10.0. The average molecular weight is 199 g/mol. The van der Waals surface area contributed by atoms with Crippen molar-refractivity contribution in [3.8, 4) is 0 Å². The Bertz CT molecular complexity index is 289. The van der Waals surface area contributed by atoms with E-state index in [1.54, 1.807) is 12.3 Å². The number of hydrogen-bond donors (Lipinski definition) is 2.